The Hall–Kier alpha value is -5.19. The van der Waals surface area contributed by atoms with Gasteiger partial charge in [-0.15, -0.1) is 0 Å². The normalized spacial score (nSPS) is 11.2. The molecule has 3 aromatic carbocycles. The van der Waals surface area contributed by atoms with Gasteiger partial charge in [0, 0.05) is 25.3 Å². The van der Waals surface area contributed by atoms with Crippen LogP contribution in [0.15, 0.2) is 77.5 Å². The van der Waals surface area contributed by atoms with Crippen molar-refractivity contribution in [1.82, 2.24) is 10.7 Å². The van der Waals surface area contributed by atoms with Gasteiger partial charge in [-0.3, -0.25) is 19.7 Å². The number of aromatic hydroxyl groups is 1. The quantitative estimate of drug-likeness (QED) is 0.176. The molecule has 3 rings (SSSR count). The smallest absolute Gasteiger partial charge is 0.323 e. The summed E-state index contributed by atoms with van der Waals surface area (Å²) in [6.07, 6.45) is 2.53. The number of nitrogens with zero attached hydrogens (tertiary/aromatic N) is 3. The van der Waals surface area contributed by atoms with Crippen molar-refractivity contribution in [2.45, 2.75) is 0 Å². The number of amides is 2. The van der Waals surface area contributed by atoms with Crippen LogP contribution < -0.4 is 20.4 Å². The van der Waals surface area contributed by atoms with E-state index in [2.05, 4.69) is 15.8 Å². The number of phenols is 1. The van der Waals surface area contributed by atoms with Crippen LogP contribution in [-0.2, 0) is 4.79 Å². The first kappa shape index (κ1) is 26.4. The Morgan fingerprint density at radius 1 is 1.05 bits per heavy atom. The molecule has 190 valence electrons. The molecule has 37 heavy (non-hydrogen) atoms. The molecule has 0 saturated carbocycles. The van der Waals surface area contributed by atoms with Gasteiger partial charge in [-0.1, -0.05) is 30.3 Å². The molecule has 0 spiro atoms. The molecule has 0 aromatic heterocycles. The van der Waals surface area contributed by atoms with Gasteiger partial charge in [0.15, 0.2) is 5.75 Å². The second kappa shape index (κ2) is 12.0. The number of hydrogen-bond acceptors (Lipinski definition) is 8. The molecular formula is C26H25N5O6. The lowest BCUT2D eigenvalue weighted by atomic mass is 10.1. The first-order valence-electron chi connectivity index (χ1n) is 10.9. The summed E-state index contributed by atoms with van der Waals surface area (Å²) in [4.78, 5) is 38.4. The van der Waals surface area contributed by atoms with Crippen LogP contribution in [0.4, 0.5) is 11.4 Å². The number of hydrogen-bond donors (Lipinski definition) is 3. The summed E-state index contributed by atoms with van der Waals surface area (Å²) < 4.78 is 4.92. The molecule has 2 amide bonds. The Bertz CT molecular complexity index is 1350. The maximum Gasteiger partial charge on any atom is 0.323 e. The number of carbonyl (C=O) groups is 2. The third-order valence-corrected chi connectivity index (χ3v) is 5.15. The third kappa shape index (κ3) is 6.69. The number of nitrogens with one attached hydrogen (secondary N) is 2. The van der Waals surface area contributed by atoms with Crippen LogP contribution >= 0.6 is 0 Å². The van der Waals surface area contributed by atoms with Gasteiger partial charge in [0.2, 0.25) is 5.75 Å². The lowest BCUT2D eigenvalue weighted by Crippen LogP contribution is -2.32. The summed E-state index contributed by atoms with van der Waals surface area (Å²) in [7, 11) is 4.98. The maximum absolute atomic E-state index is 13.0. The minimum absolute atomic E-state index is 0.0157. The molecule has 3 N–H and O–H groups in total. The number of hydrazone groups is 1. The highest BCUT2D eigenvalue weighted by Crippen LogP contribution is 2.37. The summed E-state index contributed by atoms with van der Waals surface area (Å²) >= 11 is 0. The van der Waals surface area contributed by atoms with Crippen molar-refractivity contribution in [2.75, 3.05) is 26.1 Å². The molecule has 0 atom stereocenters. The number of nitro benzene ring substituents is 1. The van der Waals surface area contributed by atoms with Crippen molar-refractivity contribution in [3.8, 4) is 11.5 Å². The highest BCUT2D eigenvalue weighted by Gasteiger charge is 2.23. The molecule has 0 saturated heterocycles. The van der Waals surface area contributed by atoms with E-state index >= 15 is 0 Å². The van der Waals surface area contributed by atoms with E-state index in [1.165, 1.54) is 25.3 Å². The van der Waals surface area contributed by atoms with E-state index in [4.69, 9.17) is 4.74 Å². The minimum atomic E-state index is -0.759. The molecule has 11 nitrogen and oxygen atoms in total. The average Bonchev–Trinajstić information content (AvgIpc) is 2.89. The second-order valence-corrected chi connectivity index (χ2v) is 7.88. The van der Waals surface area contributed by atoms with Crippen LogP contribution in [0.1, 0.15) is 21.5 Å². The van der Waals surface area contributed by atoms with Crippen molar-refractivity contribution in [3.05, 3.63) is 99.2 Å². The van der Waals surface area contributed by atoms with Crippen molar-refractivity contribution < 1.29 is 24.4 Å². The number of nitro groups is 1. The number of phenolic OH excluding ortho intramolecular Hbond substituents is 1. The standard InChI is InChI=1S/C26H25N5O6/c1-30(2)20-12-9-17(10-13-20)15-21(28-25(33)18-7-5-4-6-8-18)26(34)29-27-16-19-11-14-22(32)24(37-3)23(19)31(35)36/h4-16,32H,1-3H3,(H,28,33)(H,29,34)/b21-15-,27-16+. The van der Waals surface area contributed by atoms with Crippen LogP contribution in [0.2, 0.25) is 0 Å². The number of anilines is 1. The largest absolute Gasteiger partial charge is 0.504 e. The number of carbonyl (C=O) groups excluding carboxylic acids is 2. The SMILES string of the molecule is COc1c(O)ccc(/C=N/NC(=O)/C(=C/c2ccc(N(C)C)cc2)NC(=O)c2ccccc2)c1[N+](=O)[O-]. The number of rotatable bonds is 9. The van der Waals surface area contributed by atoms with E-state index in [1.807, 2.05) is 31.1 Å². The second-order valence-electron chi connectivity index (χ2n) is 7.88. The fourth-order valence-electron chi connectivity index (χ4n) is 3.27. The van der Waals surface area contributed by atoms with Crippen molar-refractivity contribution in [1.29, 1.82) is 0 Å². The molecule has 0 bridgehead atoms. The van der Waals surface area contributed by atoms with Crippen LogP contribution in [0.3, 0.4) is 0 Å². The monoisotopic (exact) mass is 503 g/mol. The van der Waals surface area contributed by atoms with Gasteiger partial charge in [0.05, 0.1) is 23.8 Å². The van der Waals surface area contributed by atoms with Gasteiger partial charge in [-0.05, 0) is 48.0 Å². The molecule has 0 aliphatic rings. The van der Waals surface area contributed by atoms with E-state index in [9.17, 15) is 24.8 Å². The van der Waals surface area contributed by atoms with Crippen molar-refractivity contribution >= 4 is 35.5 Å². The van der Waals surface area contributed by atoms with E-state index in [0.29, 0.717) is 11.1 Å². The van der Waals surface area contributed by atoms with Gasteiger partial charge >= 0.3 is 5.69 Å². The summed E-state index contributed by atoms with van der Waals surface area (Å²) in [5.74, 6) is -2.01. The third-order valence-electron chi connectivity index (χ3n) is 5.15. The van der Waals surface area contributed by atoms with Gasteiger partial charge in [0.25, 0.3) is 11.8 Å². The molecule has 0 aliphatic heterocycles. The topological polar surface area (TPSA) is 146 Å². The highest BCUT2D eigenvalue weighted by atomic mass is 16.6. The highest BCUT2D eigenvalue weighted by molar-refractivity contribution is 6.05. The number of benzene rings is 3. The van der Waals surface area contributed by atoms with Gasteiger partial charge < -0.3 is 20.1 Å². The first-order chi connectivity index (χ1) is 17.7. The number of methoxy groups -OCH3 is 1. The lowest BCUT2D eigenvalue weighted by molar-refractivity contribution is -0.386. The zero-order valence-corrected chi connectivity index (χ0v) is 20.3. The predicted octanol–water partition coefficient (Wildman–Crippen LogP) is 3.30. The maximum atomic E-state index is 13.0. The summed E-state index contributed by atoms with van der Waals surface area (Å²) in [6, 6.07) is 18.1. The van der Waals surface area contributed by atoms with Crippen molar-refractivity contribution in [3.63, 3.8) is 0 Å². The van der Waals surface area contributed by atoms with Gasteiger partial charge in [0.1, 0.15) is 5.70 Å². The summed E-state index contributed by atoms with van der Waals surface area (Å²) in [6.45, 7) is 0. The van der Waals surface area contributed by atoms with Crippen LogP contribution in [0, 0.1) is 10.1 Å². The minimum Gasteiger partial charge on any atom is -0.504 e. The fraction of sp³-hybridized carbons (Fsp3) is 0.115. The van der Waals surface area contributed by atoms with Gasteiger partial charge in [-0.25, -0.2) is 5.43 Å². The van der Waals surface area contributed by atoms with E-state index in [0.717, 1.165) is 11.9 Å². The Morgan fingerprint density at radius 3 is 2.32 bits per heavy atom. The number of ether oxygens (including phenoxy) is 1. The molecule has 3 aromatic rings. The molecule has 0 aliphatic carbocycles. The Labute approximate surface area is 212 Å². The molecule has 0 heterocycles. The van der Waals surface area contributed by atoms with Crippen LogP contribution in [-0.4, -0.2) is 49.3 Å². The average molecular weight is 504 g/mol. The predicted molar refractivity (Wildman–Crippen MR) is 140 cm³/mol. The molecular weight excluding hydrogens is 478 g/mol. The van der Waals surface area contributed by atoms with E-state index in [1.54, 1.807) is 42.5 Å². The Kier molecular flexibility index (Phi) is 8.55. The molecule has 11 heteroatoms. The van der Waals surface area contributed by atoms with Gasteiger partial charge in [-0.2, -0.15) is 5.10 Å². The van der Waals surface area contributed by atoms with E-state index in [-0.39, 0.29) is 17.0 Å². The fourth-order valence-corrected chi connectivity index (χ4v) is 3.27. The lowest BCUT2D eigenvalue weighted by Gasteiger charge is -2.12. The molecule has 0 fully saturated rings. The van der Waals surface area contributed by atoms with Crippen molar-refractivity contribution in [2.24, 2.45) is 5.10 Å². The van der Waals surface area contributed by atoms with Crippen LogP contribution in [0.5, 0.6) is 11.5 Å². The first-order valence-corrected chi connectivity index (χ1v) is 10.9. The van der Waals surface area contributed by atoms with Crippen LogP contribution in [0.25, 0.3) is 6.08 Å². The summed E-state index contributed by atoms with van der Waals surface area (Å²) in [5.41, 5.74) is 3.58. The Morgan fingerprint density at radius 2 is 1.73 bits per heavy atom. The zero-order chi connectivity index (χ0) is 26.9. The molecule has 0 radical (unpaired) electrons. The summed E-state index contributed by atoms with van der Waals surface area (Å²) in [5, 5.41) is 27.7. The zero-order valence-electron chi connectivity index (χ0n) is 20.3. The van der Waals surface area contributed by atoms with E-state index < -0.39 is 28.2 Å². The Balaban J connectivity index is 1.88. The molecule has 0 unspecified atom stereocenters.